The van der Waals surface area contributed by atoms with Crippen molar-refractivity contribution >= 4 is 7.48 Å². The van der Waals surface area contributed by atoms with Gasteiger partial charge in [0.15, 0.2) is 0 Å². The van der Waals surface area contributed by atoms with Gasteiger partial charge in [-0.3, -0.25) is 0 Å². The Bertz CT molecular complexity index is 161. The van der Waals surface area contributed by atoms with Gasteiger partial charge in [-0.05, 0) is 33.9 Å². The van der Waals surface area contributed by atoms with Gasteiger partial charge in [-0.1, -0.05) is 5.98 Å². The van der Waals surface area contributed by atoms with Gasteiger partial charge in [0, 0.05) is 0 Å². The van der Waals surface area contributed by atoms with E-state index in [9.17, 15) is 5.11 Å². The van der Waals surface area contributed by atoms with Crippen LogP contribution in [0, 0.1) is 0 Å². The third-order valence-corrected chi connectivity index (χ3v) is 2.15. The highest BCUT2D eigenvalue weighted by Gasteiger charge is 2.35. The second kappa shape index (κ2) is 3.96. The van der Waals surface area contributed by atoms with Crippen molar-refractivity contribution in [3.8, 4) is 0 Å². The summed E-state index contributed by atoms with van der Waals surface area (Å²) in [5, 5.41) is 9.66. The van der Waals surface area contributed by atoms with E-state index in [1.807, 2.05) is 13.8 Å². The Hall–Kier alpha value is -0.475. The first-order valence-electron chi connectivity index (χ1n) is 4.04. The highest BCUT2D eigenvalue weighted by Crippen LogP contribution is 2.24. The van der Waals surface area contributed by atoms with Gasteiger partial charge in [0.05, 0.1) is 11.2 Å². The standard InChI is InChI=1S/C8H18BNO2/c1-7(2,11)8(3,4)12-9-5-6-10/h5-6,9,11H,10H2,1-4H3/b6-5+. The van der Waals surface area contributed by atoms with Crippen molar-refractivity contribution in [2.24, 2.45) is 5.73 Å². The Morgan fingerprint density at radius 2 is 1.83 bits per heavy atom. The van der Waals surface area contributed by atoms with Crippen molar-refractivity contribution in [2.45, 2.75) is 38.9 Å². The molecule has 0 amide bonds. The topological polar surface area (TPSA) is 55.5 Å². The van der Waals surface area contributed by atoms with Gasteiger partial charge >= 0.3 is 7.48 Å². The monoisotopic (exact) mass is 171 g/mol. The maximum atomic E-state index is 9.66. The van der Waals surface area contributed by atoms with E-state index in [0.29, 0.717) is 7.48 Å². The maximum Gasteiger partial charge on any atom is 0.303 e. The molecule has 0 bridgehead atoms. The molecule has 4 heteroatoms. The van der Waals surface area contributed by atoms with Crippen molar-refractivity contribution < 1.29 is 9.76 Å². The average molecular weight is 171 g/mol. The van der Waals surface area contributed by atoms with Gasteiger partial charge in [0.2, 0.25) is 0 Å². The smallest absolute Gasteiger partial charge is 0.303 e. The second-order valence-electron chi connectivity index (χ2n) is 3.81. The van der Waals surface area contributed by atoms with Gasteiger partial charge in [0.1, 0.15) is 0 Å². The SMILES string of the molecule is CC(C)(O)C(C)(C)OB/C=C/N. The van der Waals surface area contributed by atoms with Crippen molar-refractivity contribution in [1.82, 2.24) is 0 Å². The molecule has 0 unspecified atom stereocenters. The zero-order valence-electron chi connectivity index (χ0n) is 8.29. The third-order valence-electron chi connectivity index (χ3n) is 2.15. The lowest BCUT2D eigenvalue weighted by Gasteiger charge is -2.37. The molecule has 0 aliphatic carbocycles. The van der Waals surface area contributed by atoms with Crippen molar-refractivity contribution in [2.75, 3.05) is 0 Å². The fourth-order valence-electron chi connectivity index (χ4n) is 0.489. The van der Waals surface area contributed by atoms with Gasteiger partial charge in [0.25, 0.3) is 0 Å². The largest absolute Gasteiger partial charge is 0.427 e. The van der Waals surface area contributed by atoms with Crippen LogP contribution in [0.5, 0.6) is 0 Å². The molecule has 0 fully saturated rings. The van der Waals surface area contributed by atoms with E-state index in [4.69, 9.17) is 10.4 Å². The molecule has 0 aromatic carbocycles. The van der Waals surface area contributed by atoms with Crippen LogP contribution < -0.4 is 5.73 Å². The zero-order chi connectivity index (χ0) is 9.83. The summed E-state index contributed by atoms with van der Waals surface area (Å²) in [6.45, 7) is 7.13. The van der Waals surface area contributed by atoms with Gasteiger partial charge in [-0.25, -0.2) is 0 Å². The molecule has 0 rings (SSSR count). The first-order valence-corrected chi connectivity index (χ1v) is 4.04. The van der Waals surface area contributed by atoms with Crippen molar-refractivity contribution in [1.29, 1.82) is 0 Å². The minimum absolute atomic E-state index is 0.424. The van der Waals surface area contributed by atoms with E-state index >= 15 is 0 Å². The van der Waals surface area contributed by atoms with Crippen LogP contribution in [0.3, 0.4) is 0 Å². The summed E-state index contributed by atoms with van der Waals surface area (Å²) in [5.41, 5.74) is 3.73. The fourth-order valence-corrected chi connectivity index (χ4v) is 0.489. The first kappa shape index (κ1) is 11.5. The molecule has 0 aliphatic heterocycles. The predicted octanol–water partition coefficient (Wildman–Crippen LogP) is 0.334. The lowest BCUT2D eigenvalue weighted by Crippen LogP contribution is -2.47. The minimum Gasteiger partial charge on any atom is -0.427 e. The Labute approximate surface area is 74.9 Å². The summed E-state index contributed by atoms with van der Waals surface area (Å²) in [4.78, 5) is 0. The maximum absolute atomic E-state index is 9.66. The zero-order valence-corrected chi connectivity index (χ0v) is 8.29. The molecule has 3 nitrogen and oxygen atoms in total. The van der Waals surface area contributed by atoms with E-state index in [-0.39, 0.29) is 0 Å². The Balaban J connectivity index is 4.05. The van der Waals surface area contributed by atoms with Gasteiger partial charge < -0.3 is 15.5 Å². The third kappa shape index (κ3) is 3.28. The van der Waals surface area contributed by atoms with Crippen LogP contribution in [-0.2, 0) is 4.65 Å². The molecule has 3 N–H and O–H groups in total. The van der Waals surface area contributed by atoms with E-state index in [1.165, 1.54) is 6.20 Å². The van der Waals surface area contributed by atoms with Crippen LogP contribution >= 0.6 is 0 Å². The molecule has 0 aromatic heterocycles. The molecule has 70 valence electrons. The predicted molar refractivity (Wildman–Crippen MR) is 51.9 cm³/mol. The van der Waals surface area contributed by atoms with Crippen molar-refractivity contribution in [3.63, 3.8) is 0 Å². The summed E-state index contributed by atoms with van der Waals surface area (Å²) >= 11 is 0. The average Bonchev–Trinajstić information content (AvgIpc) is 1.85. The Kier molecular flexibility index (Phi) is 3.80. The number of hydrogen-bond acceptors (Lipinski definition) is 3. The molecular formula is C8H18BNO2. The van der Waals surface area contributed by atoms with Crippen LogP contribution in [-0.4, -0.2) is 23.8 Å². The molecule has 0 spiro atoms. The lowest BCUT2D eigenvalue weighted by atomic mass is 9.86. The van der Waals surface area contributed by atoms with E-state index < -0.39 is 11.2 Å². The minimum atomic E-state index is -0.852. The summed E-state index contributed by atoms with van der Waals surface area (Å²) in [7, 11) is 0.424. The Morgan fingerprint density at radius 3 is 2.17 bits per heavy atom. The van der Waals surface area contributed by atoms with Crippen molar-refractivity contribution in [3.05, 3.63) is 12.2 Å². The molecule has 0 saturated carbocycles. The summed E-state index contributed by atoms with van der Waals surface area (Å²) in [6, 6.07) is 0. The normalized spacial score (nSPS) is 13.8. The molecule has 0 radical (unpaired) electrons. The molecule has 0 aliphatic rings. The van der Waals surface area contributed by atoms with Crippen LogP contribution in [0.4, 0.5) is 0 Å². The highest BCUT2D eigenvalue weighted by molar-refractivity contribution is 6.34. The lowest BCUT2D eigenvalue weighted by molar-refractivity contribution is -0.0894. The fraction of sp³-hybridized carbons (Fsp3) is 0.750. The number of hydrogen-bond donors (Lipinski definition) is 2. The first-order chi connectivity index (χ1) is 5.31. The summed E-state index contributed by atoms with van der Waals surface area (Å²) < 4.78 is 5.42. The summed E-state index contributed by atoms with van der Waals surface area (Å²) in [5.74, 6) is 1.70. The second-order valence-corrected chi connectivity index (χ2v) is 3.81. The molecule has 12 heavy (non-hydrogen) atoms. The molecule has 0 saturated heterocycles. The van der Waals surface area contributed by atoms with Crippen LogP contribution in [0.1, 0.15) is 27.7 Å². The molecule has 0 heterocycles. The van der Waals surface area contributed by atoms with Gasteiger partial charge in [-0.2, -0.15) is 0 Å². The Morgan fingerprint density at radius 1 is 1.33 bits per heavy atom. The van der Waals surface area contributed by atoms with Gasteiger partial charge in [-0.15, -0.1) is 0 Å². The molecule has 0 atom stereocenters. The molecule has 0 aromatic rings. The number of nitrogens with two attached hydrogens (primary N) is 1. The van der Waals surface area contributed by atoms with Crippen LogP contribution in [0.2, 0.25) is 0 Å². The van der Waals surface area contributed by atoms with E-state index in [1.54, 1.807) is 19.8 Å². The van der Waals surface area contributed by atoms with E-state index in [0.717, 1.165) is 0 Å². The highest BCUT2D eigenvalue weighted by atomic mass is 16.5. The quantitative estimate of drug-likeness (QED) is 0.599. The molecular weight excluding hydrogens is 153 g/mol. The number of rotatable bonds is 4. The number of aliphatic hydroxyl groups is 1. The van der Waals surface area contributed by atoms with E-state index in [2.05, 4.69) is 0 Å². The summed E-state index contributed by atoms with van der Waals surface area (Å²) in [6.07, 6.45) is 1.43. The van der Waals surface area contributed by atoms with Crippen LogP contribution in [0.15, 0.2) is 12.2 Å². The van der Waals surface area contributed by atoms with Crippen LogP contribution in [0.25, 0.3) is 0 Å².